The summed E-state index contributed by atoms with van der Waals surface area (Å²) in [5.41, 5.74) is 4.29. The molecule has 1 aliphatic rings. The Balaban J connectivity index is 1.81. The van der Waals surface area contributed by atoms with Gasteiger partial charge in [0.2, 0.25) is 5.91 Å². The van der Waals surface area contributed by atoms with Crippen LogP contribution in [-0.2, 0) is 11.2 Å². The normalized spacial score (nSPS) is 13.2. The Morgan fingerprint density at radius 1 is 1.08 bits per heavy atom. The molecule has 0 saturated carbocycles. The Labute approximate surface area is 141 Å². The summed E-state index contributed by atoms with van der Waals surface area (Å²) in [6.07, 6.45) is 1.85. The average Bonchev–Trinajstić information content (AvgIpc) is 2.60. The van der Waals surface area contributed by atoms with E-state index in [0.717, 1.165) is 42.0 Å². The molecule has 2 N–H and O–H groups in total. The number of nitrogens with zero attached hydrogens (tertiary/aromatic N) is 1. The summed E-state index contributed by atoms with van der Waals surface area (Å²) < 4.78 is 0. The van der Waals surface area contributed by atoms with Crippen LogP contribution >= 0.6 is 0 Å². The predicted octanol–water partition coefficient (Wildman–Crippen LogP) is 3.28. The quantitative estimate of drug-likeness (QED) is 0.911. The molecule has 0 aromatic heterocycles. The molecule has 0 saturated heterocycles. The maximum Gasteiger partial charge on any atom is 0.255 e. The third kappa shape index (κ3) is 3.25. The lowest BCUT2D eigenvalue weighted by Crippen LogP contribution is -2.33. The largest absolute Gasteiger partial charge is 0.388 e. The van der Waals surface area contributed by atoms with Crippen molar-refractivity contribution in [2.75, 3.05) is 29.1 Å². The average molecular weight is 323 g/mol. The lowest BCUT2D eigenvalue weighted by atomic mass is 10.0. The first-order valence-electron chi connectivity index (χ1n) is 8.08. The number of amides is 2. The summed E-state index contributed by atoms with van der Waals surface area (Å²) in [6, 6.07) is 13.1. The zero-order valence-corrected chi connectivity index (χ0v) is 13.9. The van der Waals surface area contributed by atoms with Crippen LogP contribution in [0, 0.1) is 0 Å². The van der Waals surface area contributed by atoms with Gasteiger partial charge in [-0.3, -0.25) is 9.59 Å². The monoisotopic (exact) mass is 323 g/mol. The number of fused-ring (bicyclic) bond motifs is 1. The molecule has 124 valence electrons. The Morgan fingerprint density at radius 2 is 1.92 bits per heavy atom. The van der Waals surface area contributed by atoms with Gasteiger partial charge in [0.1, 0.15) is 0 Å². The van der Waals surface area contributed by atoms with E-state index in [2.05, 4.69) is 10.6 Å². The van der Waals surface area contributed by atoms with E-state index in [0.29, 0.717) is 5.56 Å². The number of benzene rings is 2. The van der Waals surface area contributed by atoms with Gasteiger partial charge in [-0.1, -0.05) is 6.07 Å². The van der Waals surface area contributed by atoms with Crippen molar-refractivity contribution in [3.63, 3.8) is 0 Å². The fourth-order valence-corrected chi connectivity index (χ4v) is 3.02. The van der Waals surface area contributed by atoms with E-state index >= 15 is 0 Å². The van der Waals surface area contributed by atoms with E-state index in [1.165, 1.54) is 0 Å². The molecule has 0 fully saturated rings. The van der Waals surface area contributed by atoms with Crippen molar-refractivity contribution >= 4 is 28.9 Å². The van der Waals surface area contributed by atoms with Gasteiger partial charge in [0, 0.05) is 43.1 Å². The highest BCUT2D eigenvalue weighted by Crippen LogP contribution is 2.30. The molecular formula is C19H21N3O2. The first-order chi connectivity index (χ1) is 11.6. The second-order valence-corrected chi connectivity index (χ2v) is 5.90. The van der Waals surface area contributed by atoms with Gasteiger partial charge < -0.3 is 15.5 Å². The van der Waals surface area contributed by atoms with Crippen molar-refractivity contribution in [1.82, 2.24) is 0 Å². The van der Waals surface area contributed by atoms with Crippen molar-refractivity contribution in [2.24, 2.45) is 0 Å². The van der Waals surface area contributed by atoms with E-state index < -0.39 is 0 Å². The fourth-order valence-electron chi connectivity index (χ4n) is 3.02. The van der Waals surface area contributed by atoms with Crippen LogP contribution in [0.2, 0.25) is 0 Å². The zero-order valence-electron chi connectivity index (χ0n) is 13.9. The third-order valence-electron chi connectivity index (χ3n) is 4.25. The molecule has 3 rings (SSSR count). The van der Waals surface area contributed by atoms with E-state index in [-0.39, 0.29) is 11.8 Å². The number of hydrogen-bond acceptors (Lipinski definition) is 3. The highest BCUT2D eigenvalue weighted by atomic mass is 16.2. The van der Waals surface area contributed by atoms with Gasteiger partial charge in [-0.25, -0.2) is 0 Å². The molecule has 2 aromatic carbocycles. The van der Waals surface area contributed by atoms with E-state index in [1.54, 1.807) is 17.9 Å². The Morgan fingerprint density at radius 3 is 2.67 bits per heavy atom. The molecular weight excluding hydrogens is 302 g/mol. The fraction of sp³-hybridized carbons (Fsp3) is 0.263. The lowest BCUT2D eigenvalue weighted by Gasteiger charge is -2.29. The minimum Gasteiger partial charge on any atom is -0.388 e. The van der Waals surface area contributed by atoms with Crippen molar-refractivity contribution in [1.29, 1.82) is 0 Å². The molecule has 0 bridgehead atoms. The number of anilines is 3. The lowest BCUT2D eigenvalue weighted by molar-refractivity contribution is -0.116. The number of rotatable bonds is 3. The SMILES string of the molecule is CNc1cccc(C(=O)Nc2ccc3c(c2)CCCN3C(C)=O)c1. The second-order valence-electron chi connectivity index (χ2n) is 5.90. The van der Waals surface area contributed by atoms with Gasteiger partial charge in [0.05, 0.1) is 0 Å². The number of nitrogens with one attached hydrogen (secondary N) is 2. The van der Waals surface area contributed by atoms with Crippen LogP contribution in [0.1, 0.15) is 29.3 Å². The summed E-state index contributed by atoms with van der Waals surface area (Å²) >= 11 is 0. The van der Waals surface area contributed by atoms with Gasteiger partial charge in [-0.15, -0.1) is 0 Å². The number of carbonyl (C=O) groups is 2. The van der Waals surface area contributed by atoms with Crippen molar-refractivity contribution in [3.8, 4) is 0 Å². The van der Waals surface area contributed by atoms with Crippen LogP contribution in [0.5, 0.6) is 0 Å². The van der Waals surface area contributed by atoms with Crippen LogP contribution < -0.4 is 15.5 Å². The minimum atomic E-state index is -0.147. The zero-order chi connectivity index (χ0) is 17.1. The Kier molecular flexibility index (Phi) is 4.51. The summed E-state index contributed by atoms with van der Waals surface area (Å²) in [5.74, 6) is -0.0945. The van der Waals surface area contributed by atoms with Crippen molar-refractivity contribution < 1.29 is 9.59 Å². The molecule has 2 amide bonds. The topological polar surface area (TPSA) is 61.4 Å². The number of carbonyl (C=O) groups excluding carboxylic acids is 2. The molecule has 2 aromatic rings. The van der Waals surface area contributed by atoms with Crippen LogP contribution in [0.4, 0.5) is 17.1 Å². The summed E-state index contributed by atoms with van der Waals surface area (Å²) in [6.45, 7) is 2.34. The van der Waals surface area contributed by atoms with Crippen LogP contribution in [-0.4, -0.2) is 25.4 Å². The molecule has 0 spiro atoms. The van der Waals surface area contributed by atoms with Crippen LogP contribution in [0.15, 0.2) is 42.5 Å². The highest BCUT2D eigenvalue weighted by molar-refractivity contribution is 6.05. The predicted molar refractivity (Wildman–Crippen MR) is 96.7 cm³/mol. The molecule has 1 heterocycles. The maximum atomic E-state index is 12.4. The molecule has 1 aliphatic heterocycles. The third-order valence-corrected chi connectivity index (χ3v) is 4.25. The first-order valence-corrected chi connectivity index (χ1v) is 8.08. The number of aryl methyl sites for hydroxylation is 1. The van der Waals surface area contributed by atoms with E-state index in [4.69, 9.17) is 0 Å². The Hall–Kier alpha value is -2.82. The molecule has 0 unspecified atom stereocenters. The smallest absolute Gasteiger partial charge is 0.255 e. The molecule has 5 nitrogen and oxygen atoms in total. The van der Waals surface area contributed by atoms with E-state index in [9.17, 15) is 9.59 Å². The molecule has 0 atom stereocenters. The summed E-state index contributed by atoms with van der Waals surface area (Å²) in [7, 11) is 1.82. The van der Waals surface area contributed by atoms with Crippen LogP contribution in [0.3, 0.4) is 0 Å². The van der Waals surface area contributed by atoms with Crippen LogP contribution in [0.25, 0.3) is 0 Å². The van der Waals surface area contributed by atoms with Gasteiger partial charge in [-0.2, -0.15) is 0 Å². The standard InChI is InChI=1S/C19H21N3O2/c1-13(23)22-10-4-6-14-11-17(8-9-18(14)22)21-19(24)15-5-3-7-16(12-15)20-2/h3,5,7-9,11-12,20H,4,6,10H2,1-2H3,(H,21,24). The van der Waals surface area contributed by atoms with Gasteiger partial charge >= 0.3 is 0 Å². The van der Waals surface area contributed by atoms with Gasteiger partial charge in [0.25, 0.3) is 5.91 Å². The van der Waals surface area contributed by atoms with Crippen molar-refractivity contribution in [3.05, 3.63) is 53.6 Å². The summed E-state index contributed by atoms with van der Waals surface area (Å²) in [5, 5.41) is 5.96. The second kappa shape index (κ2) is 6.74. The minimum absolute atomic E-state index is 0.0524. The Bertz CT molecular complexity index is 786. The van der Waals surface area contributed by atoms with E-state index in [1.807, 2.05) is 43.4 Å². The molecule has 24 heavy (non-hydrogen) atoms. The molecule has 0 radical (unpaired) electrons. The highest BCUT2D eigenvalue weighted by Gasteiger charge is 2.20. The first kappa shape index (κ1) is 16.1. The summed E-state index contributed by atoms with van der Waals surface area (Å²) in [4.78, 5) is 25.9. The number of hydrogen-bond donors (Lipinski definition) is 2. The van der Waals surface area contributed by atoms with Gasteiger partial charge in [0.15, 0.2) is 0 Å². The maximum absolute atomic E-state index is 12.4. The molecule has 0 aliphatic carbocycles. The van der Waals surface area contributed by atoms with Crippen molar-refractivity contribution in [2.45, 2.75) is 19.8 Å². The van der Waals surface area contributed by atoms with Gasteiger partial charge in [-0.05, 0) is 54.8 Å². The molecule has 5 heteroatoms.